The van der Waals surface area contributed by atoms with Crippen LogP contribution in [0.3, 0.4) is 0 Å². The van der Waals surface area contributed by atoms with Crippen molar-refractivity contribution in [2.45, 2.75) is 26.2 Å². The van der Waals surface area contributed by atoms with Gasteiger partial charge in [-0.25, -0.2) is 0 Å². The van der Waals surface area contributed by atoms with Crippen LogP contribution in [-0.2, 0) is 12.8 Å². The fourth-order valence-corrected chi connectivity index (χ4v) is 2.91. The summed E-state index contributed by atoms with van der Waals surface area (Å²) < 4.78 is 0. The number of aryl methyl sites for hydroxylation is 1. The van der Waals surface area contributed by atoms with Crippen LogP contribution in [0.5, 0.6) is 0 Å². The molecule has 1 N–H and O–H groups in total. The van der Waals surface area contributed by atoms with Gasteiger partial charge in [0.2, 0.25) is 0 Å². The van der Waals surface area contributed by atoms with E-state index in [2.05, 4.69) is 48.5 Å². The maximum absolute atomic E-state index is 3.39. The van der Waals surface area contributed by atoms with E-state index in [9.17, 15) is 0 Å². The van der Waals surface area contributed by atoms with Crippen LogP contribution in [0.4, 0.5) is 0 Å². The highest BCUT2D eigenvalue weighted by molar-refractivity contribution is 5.29. The summed E-state index contributed by atoms with van der Waals surface area (Å²) in [6, 6.07) is 8.94. The molecule has 0 saturated carbocycles. The van der Waals surface area contributed by atoms with Gasteiger partial charge in [0.25, 0.3) is 0 Å². The summed E-state index contributed by atoms with van der Waals surface area (Å²) in [5, 5.41) is 3.39. The van der Waals surface area contributed by atoms with Gasteiger partial charge in [-0.05, 0) is 49.9 Å². The first-order chi connectivity index (χ1) is 8.79. The molecule has 0 aliphatic heterocycles. The number of nitrogens with one attached hydrogen (secondary N) is 1. The minimum absolute atomic E-state index is 0.839. The summed E-state index contributed by atoms with van der Waals surface area (Å²) in [5.74, 6) is 0.839. The minimum atomic E-state index is 0.839. The highest BCUT2D eigenvalue weighted by Gasteiger charge is 2.19. The van der Waals surface area contributed by atoms with Gasteiger partial charge in [0.15, 0.2) is 0 Å². The lowest BCUT2D eigenvalue weighted by molar-refractivity contribution is 0.261. The number of fused-ring (bicyclic) bond motifs is 1. The van der Waals surface area contributed by atoms with Crippen molar-refractivity contribution in [3.8, 4) is 0 Å². The fraction of sp³-hybridized carbons (Fsp3) is 0.625. The Balaban J connectivity index is 1.79. The summed E-state index contributed by atoms with van der Waals surface area (Å²) in [5.41, 5.74) is 3.15. The standard InChI is InChI=1S/C16H26N2/c1-3-17-10-11-18(2)13-14-8-9-15-6-4-5-7-16(15)12-14/h4-7,14,17H,3,8-13H2,1-2H3. The van der Waals surface area contributed by atoms with E-state index >= 15 is 0 Å². The third kappa shape index (κ3) is 3.82. The number of likely N-dealkylation sites (N-methyl/N-ethyl adjacent to an activating group) is 2. The molecule has 0 fully saturated rings. The van der Waals surface area contributed by atoms with Crippen LogP contribution in [0.25, 0.3) is 0 Å². The third-order valence-electron chi connectivity index (χ3n) is 3.94. The molecule has 0 spiro atoms. The molecule has 1 aromatic rings. The monoisotopic (exact) mass is 246 g/mol. The number of hydrogen-bond donors (Lipinski definition) is 1. The average molecular weight is 246 g/mol. The van der Waals surface area contributed by atoms with E-state index in [-0.39, 0.29) is 0 Å². The largest absolute Gasteiger partial charge is 0.316 e. The van der Waals surface area contributed by atoms with Crippen LogP contribution in [0.1, 0.15) is 24.5 Å². The van der Waals surface area contributed by atoms with Gasteiger partial charge in [0, 0.05) is 19.6 Å². The highest BCUT2D eigenvalue weighted by atomic mass is 15.1. The normalized spacial score (nSPS) is 18.9. The van der Waals surface area contributed by atoms with Gasteiger partial charge in [-0.1, -0.05) is 31.2 Å². The van der Waals surface area contributed by atoms with E-state index in [1.54, 1.807) is 11.1 Å². The summed E-state index contributed by atoms with van der Waals surface area (Å²) in [6.07, 6.45) is 3.88. The highest BCUT2D eigenvalue weighted by Crippen LogP contribution is 2.25. The smallest absolute Gasteiger partial charge is 0.0104 e. The average Bonchev–Trinajstić information content (AvgIpc) is 2.39. The second kappa shape index (κ2) is 6.91. The molecule has 1 aromatic carbocycles. The molecule has 1 unspecified atom stereocenters. The first-order valence-corrected chi connectivity index (χ1v) is 7.25. The molecule has 1 aliphatic rings. The lowest BCUT2D eigenvalue weighted by Crippen LogP contribution is -2.34. The SMILES string of the molecule is CCNCCN(C)CC1CCc2ccccc2C1. The van der Waals surface area contributed by atoms with Gasteiger partial charge < -0.3 is 10.2 Å². The Labute approximate surface area is 111 Å². The molecule has 0 saturated heterocycles. The van der Waals surface area contributed by atoms with Crippen LogP contribution >= 0.6 is 0 Å². The molecule has 1 atom stereocenters. The molecule has 18 heavy (non-hydrogen) atoms. The van der Waals surface area contributed by atoms with Crippen molar-refractivity contribution in [1.82, 2.24) is 10.2 Å². The van der Waals surface area contributed by atoms with Crippen LogP contribution in [0.2, 0.25) is 0 Å². The summed E-state index contributed by atoms with van der Waals surface area (Å²) >= 11 is 0. The molecule has 0 heterocycles. The molecule has 2 rings (SSSR count). The third-order valence-corrected chi connectivity index (χ3v) is 3.94. The van der Waals surface area contributed by atoms with Gasteiger partial charge in [0.1, 0.15) is 0 Å². The lowest BCUT2D eigenvalue weighted by Gasteiger charge is -2.28. The topological polar surface area (TPSA) is 15.3 Å². The van der Waals surface area contributed by atoms with Crippen molar-refractivity contribution >= 4 is 0 Å². The second-order valence-corrected chi connectivity index (χ2v) is 5.49. The van der Waals surface area contributed by atoms with Gasteiger partial charge in [-0.15, -0.1) is 0 Å². The van der Waals surface area contributed by atoms with Crippen LogP contribution in [-0.4, -0.2) is 38.1 Å². The molecular weight excluding hydrogens is 220 g/mol. The molecule has 0 radical (unpaired) electrons. The van der Waals surface area contributed by atoms with Gasteiger partial charge >= 0.3 is 0 Å². The number of hydrogen-bond acceptors (Lipinski definition) is 2. The number of rotatable bonds is 6. The quantitative estimate of drug-likeness (QED) is 0.775. The van der Waals surface area contributed by atoms with Gasteiger partial charge in [-0.3, -0.25) is 0 Å². The van der Waals surface area contributed by atoms with Crippen molar-refractivity contribution in [3.63, 3.8) is 0 Å². The van der Waals surface area contributed by atoms with E-state index in [4.69, 9.17) is 0 Å². The summed E-state index contributed by atoms with van der Waals surface area (Å²) in [6.45, 7) is 6.74. The first-order valence-electron chi connectivity index (χ1n) is 7.25. The van der Waals surface area contributed by atoms with Crippen molar-refractivity contribution in [1.29, 1.82) is 0 Å². The molecule has 2 nitrogen and oxygen atoms in total. The van der Waals surface area contributed by atoms with Crippen LogP contribution < -0.4 is 5.32 Å². The molecule has 1 aliphatic carbocycles. The Morgan fingerprint density at radius 2 is 2.06 bits per heavy atom. The van der Waals surface area contributed by atoms with Crippen molar-refractivity contribution in [2.24, 2.45) is 5.92 Å². The zero-order valence-electron chi connectivity index (χ0n) is 11.8. The zero-order chi connectivity index (χ0) is 12.8. The Morgan fingerprint density at radius 1 is 1.28 bits per heavy atom. The fourth-order valence-electron chi connectivity index (χ4n) is 2.91. The van der Waals surface area contributed by atoms with Gasteiger partial charge in [-0.2, -0.15) is 0 Å². The van der Waals surface area contributed by atoms with Crippen molar-refractivity contribution < 1.29 is 0 Å². The van der Waals surface area contributed by atoms with Crippen molar-refractivity contribution in [2.75, 3.05) is 33.2 Å². The van der Waals surface area contributed by atoms with E-state index in [0.29, 0.717) is 0 Å². The second-order valence-electron chi connectivity index (χ2n) is 5.49. The maximum atomic E-state index is 3.39. The molecule has 0 aromatic heterocycles. The minimum Gasteiger partial charge on any atom is -0.316 e. The summed E-state index contributed by atoms with van der Waals surface area (Å²) in [7, 11) is 2.25. The maximum Gasteiger partial charge on any atom is 0.0104 e. The summed E-state index contributed by atoms with van der Waals surface area (Å²) in [4.78, 5) is 2.47. The number of benzene rings is 1. The Bertz CT molecular complexity index is 362. The van der Waals surface area contributed by atoms with E-state index in [1.165, 1.54) is 25.8 Å². The van der Waals surface area contributed by atoms with Gasteiger partial charge in [0.05, 0.1) is 0 Å². The Morgan fingerprint density at radius 3 is 2.83 bits per heavy atom. The van der Waals surface area contributed by atoms with Crippen LogP contribution in [0.15, 0.2) is 24.3 Å². The predicted octanol–water partition coefficient (Wildman–Crippen LogP) is 2.33. The van der Waals surface area contributed by atoms with E-state index in [1.807, 2.05) is 0 Å². The molecule has 2 heteroatoms. The molecule has 100 valence electrons. The molecule has 0 amide bonds. The van der Waals surface area contributed by atoms with Crippen LogP contribution in [0, 0.1) is 5.92 Å². The Kier molecular flexibility index (Phi) is 5.21. The predicted molar refractivity (Wildman–Crippen MR) is 78.0 cm³/mol. The number of nitrogens with zero attached hydrogens (tertiary/aromatic N) is 1. The van der Waals surface area contributed by atoms with E-state index < -0.39 is 0 Å². The zero-order valence-corrected chi connectivity index (χ0v) is 11.8. The van der Waals surface area contributed by atoms with E-state index in [0.717, 1.165) is 25.6 Å². The first kappa shape index (κ1) is 13.6. The molecule has 0 bridgehead atoms. The van der Waals surface area contributed by atoms with Crippen molar-refractivity contribution in [3.05, 3.63) is 35.4 Å². The molecular formula is C16H26N2. The Hall–Kier alpha value is -0.860. The lowest BCUT2D eigenvalue weighted by atomic mass is 9.84.